The second kappa shape index (κ2) is 14.8. The van der Waals surface area contributed by atoms with E-state index in [1.165, 1.54) is 11.9 Å². The minimum atomic E-state index is -1.60. The predicted octanol–water partition coefficient (Wildman–Crippen LogP) is -4.11. The Morgan fingerprint density at radius 2 is 1.63 bits per heavy atom. The number of aliphatic hydroxyl groups is 5. The number of amides is 2. The highest BCUT2D eigenvalue weighted by Crippen LogP contribution is 2.40. The number of nitrogens with two attached hydrogens (primary N) is 3. The number of carbonyl (C=O) groups is 2. The van der Waals surface area contributed by atoms with Crippen molar-refractivity contribution in [1.82, 2.24) is 10.2 Å². The Morgan fingerprint density at radius 3 is 2.35 bits per heavy atom. The van der Waals surface area contributed by atoms with Gasteiger partial charge in [-0.2, -0.15) is 0 Å². The van der Waals surface area contributed by atoms with Crippen molar-refractivity contribution in [2.75, 3.05) is 13.7 Å². The number of carbonyl (C=O) groups excluding carboxylic acids is 2. The zero-order chi connectivity index (χ0) is 35.1. The van der Waals surface area contributed by atoms with Crippen LogP contribution in [0.4, 0.5) is 9.59 Å². The first kappa shape index (κ1) is 36.0. The van der Waals surface area contributed by atoms with Crippen molar-refractivity contribution in [3.8, 4) is 0 Å². The molecule has 0 aromatic heterocycles. The summed E-state index contributed by atoms with van der Waals surface area (Å²) < 4.78 is 40.9. The molecule has 0 spiro atoms. The second-order valence-electron chi connectivity index (χ2n) is 13.1. The number of ether oxygens (including phenoxy) is 7. The van der Waals surface area contributed by atoms with Gasteiger partial charge in [-0.3, -0.25) is 4.90 Å². The van der Waals surface area contributed by atoms with E-state index in [2.05, 4.69) is 5.32 Å². The summed E-state index contributed by atoms with van der Waals surface area (Å²) >= 11 is 0. The molecule has 19 heteroatoms. The number of likely N-dealkylation sites (N-methyl/N-ethyl adjacent to an activating group) is 1. The van der Waals surface area contributed by atoms with Gasteiger partial charge in [0.1, 0.15) is 55.4 Å². The maximum Gasteiger partial charge on any atom is 0.410 e. The standard InChI is InChI=1S/C30H45N5O14/c1-35-18-25(48-30(35)42)24-15(44-27(18)49-28-22(40)20(38)17(33)16(9-36)45-28)8-13(32)26(47-24)46-23-12(31)7-14(19(37)21(23)39)34-29(41)43-10-11-5-3-2-4-6-11/h2-6,12-28,36-40H,7-10,31-33H2,1H3,(H,34,41)/t12?,13-,14+,15-,16?,17+,18?,19+,20-,21?,22?,23+,24?,25?,26-,27?,28+/m0/s1. The highest BCUT2D eigenvalue weighted by Gasteiger charge is 2.60. The molecular formula is C30H45N5O14. The topological polar surface area (TPSA) is 293 Å². The normalized spacial score (nSPS) is 45.2. The van der Waals surface area contributed by atoms with Crippen molar-refractivity contribution in [3.63, 3.8) is 0 Å². The third-order valence-electron chi connectivity index (χ3n) is 9.80. The van der Waals surface area contributed by atoms with E-state index >= 15 is 0 Å². The lowest BCUT2D eigenvalue weighted by atomic mass is 9.84. The molecule has 6 rings (SSSR count). The van der Waals surface area contributed by atoms with Gasteiger partial charge >= 0.3 is 12.2 Å². The Kier molecular flexibility index (Phi) is 10.9. The largest absolute Gasteiger partial charge is 0.445 e. The van der Waals surface area contributed by atoms with Crippen molar-refractivity contribution in [2.24, 2.45) is 17.2 Å². The number of nitrogens with one attached hydrogen (secondary N) is 1. The van der Waals surface area contributed by atoms with Gasteiger partial charge in [-0.1, -0.05) is 30.3 Å². The van der Waals surface area contributed by atoms with E-state index in [4.69, 9.17) is 50.4 Å². The molecule has 5 aliphatic rings. The summed E-state index contributed by atoms with van der Waals surface area (Å²) in [5.41, 5.74) is 19.4. The van der Waals surface area contributed by atoms with E-state index < -0.39 is 123 Å². The maximum atomic E-state index is 12.7. The number of fused-ring (bicyclic) bond motifs is 3. The molecule has 4 heterocycles. The molecule has 1 aromatic rings. The first-order chi connectivity index (χ1) is 23.4. The highest BCUT2D eigenvalue weighted by atomic mass is 16.8. The number of rotatable bonds is 8. The molecule has 1 aromatic carbocycles. The van der Waals surface area contributed by atoms with Crippen molar-refractivity contribution < 1.29 is 68.3 Å². The fourth-order valence-electron chi connectivity index (χ4n) is 7.00. The Bertz CT molecular complexity index is 1300. The smallest absolute Gasteiger partial charge is 0.410 e. The van der Waals surface area contributed by atoms with Crippen LogP contribution in [-0.4, -0.2) is 160 Å². The zero-order valence-corrected chi connectivity index (χ0v) is 26.6. The van der Waals surface area contributed by atoms with Crippen molar-refractivity contribution in [2.45, 2.75) is 123 Å². The summed E-state index contributed by atoms with van der Waals surface area (Å²) in [6, 6.07) is 4.36. The molecule has 8 unspecified atom stereocenters. The summed E-state index contributed by atoms with van der Waals surface area (Å²) in [4.78, 5) is 26.4. The number of alkyl carbamates (subject to hydrolysis) is 1. The SMILES string of the molecule is CN1C(=O)OC2C3O[C@H](O[C@@H]4C(N)C[C@@H](NC(=O)OCc5ccccc5)[C@@H](O)C4O)[C@@H](N)C[C@@H]3OC(O[C@H]3OC(CO)[C@@H](N)[C@H](O)C3O)C21. The van der Waals surface area contributed by atoms with Crippen LogP contribution in [0.3, 0.4) is 0 Å². The third kappa shape index (κ3) is 7.22. The van der Waals surface area contributed by atoms with Gasteiger partial charge in [0.25, 0.3) is 0 Å². The Balaban J connectivity index is 1.08. The van der Waals surface area contributed by atoms with E-state index in [0.717, 1.165) is 5.56 Å². The molecule has 4 aliphatic heterocycles. The molecule has 4 saturated heterocycles. The summed E-state index contributed by atoms with van der Waals surface area (Å²) in [5, 5.41) is 55.1. The Labute approximate surface area is 281 Å². The number of aliphatic hydroxyl groups excluding tert-OH is 5. The molecule has 19 nitrogen and oxygen atoms in total. The van der Waals surface area contributed by atoms with Crippen LogP contribution in [0.15, 0.2) is 30.3 Å². The van der Waals surface area contributed by atoms with Gasteiger partial charge < -0.3 is 81.2 Å². The molecule has 1 saturated carbocycles. The average molecular weight is 700 g/mol. The molecule has 17 atom stereocenters. The molecule has 2 amide bonds. The summed E-state index contributed by atoms with van der Waals surface area (Å²) in [7, 11) is 1.45. The fourth-order valence-corrected chi connectivity index (χ4v) is 7.00. The maximum absolute atomic E-state index is 12.7. The third-order valence-corrected chi connectivity index (χ3v) is 9.80. The molecular weight excluding hydrogens is 654 g/mol. The highest BCUT2D eigenvalue weighted by molar-refractivity contribution is 5.70. The molecule has 49 heavy (non-hydrogen) atoms. The summed E-state index contributed by atoms with van der Waals surface area (Å²) in [5.74, 6) is 0. The minimum absolute atomic E-state index is 0.0107. The van der Waals surface area contributed by atoms with Crippen molar-refractivity contribution in [3.05, 3.63) is 35.9 Å². The molecule has 274 valence electrons. The molecule has 0 bridgehead atoms. The van der Waals surface area contributed by atoms with E-state index in [-0.39, 0.29) is 19.4 Å². The van der Waals surface area contributed by atoms with Gasteiger partial charge in [-0.05, 0) is 18.4 Å². The zero-order valence-electron chi connectivity index (χ0n) is 26.6. The number of benzene rings is 1. The van der Waals surface area contributed by atoms with Crippen molar-refractivity contribution >= 4 is 12.2 Å². The van der Waals surface area contributed by atoms with Crippen LogP contribution in [0.25, 0.3) is 0 Å². The Hall–Kier alpha value is -2.76. The van der Waals surface area contributed by atoms with Crippen LogP contribution >= 0.6 is 0 Å². The Morgan fingerprint density at radius 1 is 0.898 bits per heavy atom. The van der Waals surface area contributed by atoms with E-state index in [0.29, 0.717) is 0 Å². The van der Waals surface area contributed by atoms with Gasteiger partial charge in [0.15, 0.2) is 25.0 Å². The lowest BCUT2D eigenvalue weighted by molar-refractivity contribution is -0.371. The lowest BCUT2D eigenvalue weighted by Crippen LogP contribution is -2.69. The first-order valence-electron chi connectivity index (χ1n) is 16.2. The first-order valence-corrected chi connectivity index (χ1v) is 16.2. The minimum Gasteiger partial charge on any atom is -0.445 e. The number of hydrogen-bond acceptors (Lipinski definition) is 17. The quantitative estimate of drug-likeness (QED) is 0.125. The van der Waals surface area contributed by atoms with E-state index in [1.807, 2.05) is 6.07 Å². The van der Waals surface area contributed by atoms with E-state index in [9.17, 15) is 35.1 Å². The van der Waals surface area contributed by atoms with Gasteiger partial charge in [-0.25, -0.2) is 9.59 Å². The summed E-state index contributed by atoms with van der Waals surface area (Å²) in [6.07, 6.45) is -16.3. The molecule has 12 N–H and O–H groups in total. The molecule has 5 fully saturated rings. The van der Waals surface area contributed by atoms with Gasteiger partial charge in [0, 0.05) is 13.1 Å². The van der Waals surface area contributed by atoms with Crippen LogP contribution in [0.5, 0.6) is 0 Å². The second-order valence-corrected chi connectivity index (χ2v) is 13.1. The average Bonchev–Trinajstić information content (AvgIpc) is 3.39. The monoisotopic (exact) mass is 699 g/mol. The van der Waals surface area contributed by atoms with Crippen molar-refractivity contribution in [1.29, 1.82) is 0 Å². The predicted molar refractivity (Wildman–Crippen MR) is 162 cm³/mol. The van der Waals surface area contributed by atoms with E-state index in [1.54, 1.807) is 24.3 Å². The fraction of sp³-hybridized carbons (Fsp3) is 0.733. The van der Waals surface area contributed by atoms with Crippen LogP contribution in [0.1, 0.15) is 18.4 Å². The van der Waals surface area contributed by atoms with Crippen LogP contribution in [0, 0.1) is 0 Å². The van der Waals surface area contributed by atoms with Crippen LogP contribution < -0.4 is 22.5 Å². The molecule has 1 aliphatic carbocycles. The number of nitrogens with zero attached hydrogens (tertiary/aromatic N) is 1. The summed E-state index contributed by atoms with van der Waals surface area (Å²) in [6.45, 7) is -0.537. The van der Waals surface area contributed by atoms with Gasteiger partial charge in [0.2, 0.25) is 0 Å². The van der Waals surface area contributed by atoms with Gasteiger partial charge in [-0.15, -0.1) is 0 Å². The van der Waals surface area contributed by atoms with Crippen LogP contribution in [0.2, 0.25) is 0 Å². The van der Waals surface area contributed by atoms with Gasteiger partial charge in [0.05, 0.1) is 30.8 Å². The lowest BCUT2D eigenvalue weighted by Gasteiger charge is -2.50. The molecule has 0 radical (unpaired) electrons. The van der Waals surface area contributed by atoms with Crippen LogP contribution in [-0.2, 0) is 39.8 Å². The number of hydrogen-bond donors (Lipinski definition) is 9.